The van der Waals surface area contributed by atoms with Crippen molar-refractivity contribution < 1.29 is 0 Å². The van der Waals surface area contributed by atoms with E-state index in [0.717, 1.165) is 12.0 Å². The lowest BCUT2D eigenvalue weighted by atomic mass is 9.83. The first-order valence-corrected chi connectivity index (χ1v) is 7.84. The Morgan fingerprint density at radius 3 is 3.00 bits per heavy atom. The van der Waals surface area contributed by atoms with Crippen molar-refractivity contribution in [2.45, 2.75) is 43.0 Å². The molecule has 0 aliphatic carbocycles. The Labute approximate surface area is 121 Å². The predicted octanol–water partition coefficient (Wildman–Crippen LogP) is 4.17. The van der Waals surface area contributed by atoms with Gasteiger partial charge in [0.1, 0.15) is 0 Å². The maximum Gasteiger partial charge on any atom is 0.0258 e. The number of benzene rings is 1. The van der Waals surface area contributed by atoms with Crippen LogP contribution in [0.1, 0.15) is 37.7 Å². The summed E-state index contributed by atoms with van der Waals surface area (Å²) in [6, 6.07) is 9.84. The lowest BCUT2D eigenvalue weighted by Crippen LogP contribution is -2.47. The molecule has 1 saturated heterocycles. The number of hydrogen-bond donors (Lipinski definition) is 0. The van der Waals surface area contributed by atoms with Gasteiger partial charge in [-0.15, -0.1) is 24.2 Å². The highest BCUT2D eigenvalue weighted by Crippen LogP contribution is 2.43. The summed E-state index contributed by atoms with van der Waals surface area (Å²) >= 11 is 2.06. The maximum atomic E-state index is 2.73. The molecule has 3 heteroatoms. The van der Waals surface area contributed by atoms with Crippen LogP contribution in [0.25, 0.3) is 0 Å². The van der Waals surface area contributed by atoms with Crippen molar-refractivity contribution in [1.82, 2.24) is 4.90 Å². The van der Waals surface area contributed by atoms with Crippen LogP contribution in [0.3, 0.4) is 0 Å². The SMILES string of the molecule is CCCN1CCC[C@H]2c3ccccc3SC[C@@H]21.Cl. The average molecular weight is 284 g/mol. The number of fused-ring (bicyclic) bond motifs is 3. The van der Waals surface area contributed by atoms with Crippen LogP contribution in [-0.4, -0.2) is 29.8 Å². The van der Waals surface area contributed by atoms with Crippen molar-refractivity contribution >= 4 is 24.2 Å². The summed E-state index contributed by atoms with van der Waals surface area (Å²) in [7, 11) is 0. The topological polar surface area (TPSA) is 3.24 Å². The summed E-state index contributed by atoms with van der Waals surface area (Å²) in [5, 5.41) is 0. The van der Waals surface area contributed by atoms with E-state index < -0.39 is 0 Å². The monoisotopic (exact) mass is 283 g/mol. The molecule has 2 heterocycles. The zero-order valence-corrected chi connectivity index (χ0v) is 12.6. The Morgan fingerprint density at radius 1 is 1.33 bits per heavy atom. The van der Waals surface area contributed by atoms with E-state index in [0.29, 0.717) is 0 Å². The van der Waals surface area contributed by atoms with Crippen molar-refractivity contribution in [3.05, 3.63) is 29.8 Å². The van der Waals surface area contributed by atoms with E-state index in [1.165, 1.54) is 43.0 Å². The van der Waals surface area contributed by atoms with Gasteiger partial charge in [0.2, 0.25) is 0 Å². The Hall–Kier alpha value is -0.180. The summed E-state index contributed by atoms with van der Waals surface area (Å²) in [4.78, 5) is 4.27. The minimum absolute atomic E-state index is 0. The molecule has 0 bridgehead atoms. The Bertz CT molecular complexity index is 394. The van der Waals surface area contributed by atoms with Crippen LogP contribution in [0.4, 0.5) is 0 Å². The third-order valence-corrected chi connectivity index (χ3v) is 5.32. The van der Waals surface area contributed by atoms with Gasteiger partial charge in [-0.3, -0.25) is 4.90 Å². The van der Waals surface area contributed by atoms with Crippen molar-refractivity contribution in [2.75, 3.05) is 18.8 Å². The molecule has 1 fully saturated rings. The molecular weight excluding hydrogens is 262 g/mol. The quantitative estimate of drug-likeness (QED) is 0.801. The second kappa shape index (κ2) is 6.31. The Balaban J connectivity index is 0.00000120. The molecule has 2 atom stereocenters. The third-order valence-electron chi connectivity index (χ3n) is 4.13. The van der Waals surface area contributed by atoms with Gasteiger partial charge in [0.15, 0.2) is 0 Å². The van der Waals surface area contributed by atoms with Crippen LogP contribution in [0.2, 0.25) is 0 Å². The van der Waals surface area contributed by atoms with Gasteiger partial charge >= 0.3 is 0 Å². The Morgan fingerprint density at radius 2 is 2.17 bits per heavy atom. The molecule has 0 spiro atoms. The molecule has 0 unspecified atom stereocenters. The van der Waals surface area contributed by atoms with Gasteiger partial charge in [0, 0.05) is 22.6 Å². The van der Waals surface area contributed by atoms with E-state index in [9.17, 15) is 0 Å². The molecule has 18 heavy (non-hydrogen) atoms. The van der Waals surface area contributed by atoms with Gasteiger partial charge in [0.05, 0.1) is 0 Å². The van der Waals surface area contributed by atoms with Crippen LogP contribution in [0.15, 0.2) is 29.2 Å². The van der Waals surface area contributed by atoms with Crippen molar-refractivity contribution in [2.24, 2.45) is 0 Å². The molecule has 0 saturated carbocycles. The lowest BCUT2D eigenvalue weighted by Gasteiger charge is -2.44. The molecule has 2 aliphatic heterocycles. The van der Waals surface area contributed by atoms with Crippen LogP contribution in [0, 0.1) is 0 Å². The first kappa shape index (κ1) is 14.2. The fourth-order valence-electron chi connectivity index (χ4n) is 3.37. The largest absolute Gasteiger partial charge is 0.299 e. The first-order valence-electron chi connectivity index (χ1n) is 6.86. The summed E-state index contributed by atoms with van der Waals surface area (Å²) < 4.78 is 0. The first-order chi connectivity index (χ1) is 8.40. The van der Waals surface area contributed by atoms with Crippen LogP contribution in [-0.2, 0) is 0 Å². The van der Waals surface area contributed by atoms with Crippen molar-refractivity contribution in [3.63, 3.8) is 0 Å². The molecule has 2 aliphatic rings. The third kappa shape index (κ3) is 2.56. The minimum atomic E-state index is 0. The number of halogens is 1. The highest BCUT2D eigenvalue weighted by atomic mass is 35.5. The van der Waals surface area contributed by atoms with E-state index in [1.807, 2.05) is 0 Å². The van der Waals surface area contributed by atoms with E-state index in [1.54, 1.807) is 5.56 Å². The second-order valence-corrected chi connectivity index (χ2v) is 6.26. The molecule has 0 N–H and O–H groups in total. The minimum Gasteiger partial charge on any atom is -0.299 e. The smallest absolute Gasteiger partial charge is 0.0258 e. The highest BCUT2D eigenvalue weighted by molar-refractivity contribution is 7.99. The fourth-order valence-corrected chi connectivity index (χ4v) is 4.72. The van der Waals surface area contributed by atoms with Gasteiger partial charge in [-0.05, 0) is 44.0 Å². The summed E-state index contributed by atoms with van der Waals surface area (Å²) in [5.74, 6) is 2.09. The van der Waals surface area contributed by atoms with Crippen LogP contribution < -0.4 is 0 Å². The van der Waals surface area contributed by atoms with Gasteiger partial charge in [-0.2, -0.15) is 0 Å². The average Bonchev–Trinajstić information content (AvgIpc) is 2.39. The van der Waals surface area contributed by atoms with Crippen molar-refractivity contribution in [3.8, 4) is 0 Å². The van der Waals surface area contributed by atoms with Gasteiger partial charge in [-0.25, -0.2) is 0 Å². The molecule has 0 amide bonds. The molecule has 1 aromatic carbocycles. The molecule has 100 valence electrons. The molecule has 1 aromatic rings. The fraction of sp³-hybridized carbons (Fsp3) is 0.600. The zero-order chi connectivity index (χ0) is 11.7. The second-order valence-electron chi connectivity index (χ2n) is 5.20. The number of piperidine rings is 1. The van der Waals surface area contributed by atoms with Gasteiger partial charge in [0.25, 0.3) is 0 Å². The summed E-state index contributed by atoms with van der Waals surface area (Å²) in [5.41, 5.74) is 1.62. The molecule has 0 aromatic heterocycles. The van der Waals surface area contributed by atoms with Crippen LogP contribution >= 0.6 is 24.2 Å². The number of hydrogen-bond acceptors (Lipinski definition) is 2. The van der Waals surface area contributed by atoms with E-state index in [-0.39, 0.29) is 12.4 Å². The number of nitrogens with zero attached hydrogens (tertiary/aromatic N) is 1. The standard InChI is InChI=1S/C15H21NS.ClH/c1-2-9-16-10-5-7-12-13-6-3-4-8-15(13)17-11-14(12)16;/h3-4,6,8,12,14H,2,5,7,9-11H2,1H3;1H/t12-,14-;/m0./s1. The van der Waals surface area contributed by atoms with Crippen LogP contribution in [0.5, 0.6) is 0 Å². The number of rotatable bonds is 2. The molecular formula is C15H22ClNS. The van der Waals surface area contributed by atoms with E-state index in [2.05, 4.69) is 47.9 Å². The van der Waals surface area contributed by atoms with Gasteiger partial charge < -0.3 is 0 Å². The highest BCUT2D eigenvalue weighted by Gasteiger charge is 2.35. The zero-order valence-electron chi connectivity index (χ0n) is 11.0. The van der Waals surface area contributed by atoms with E-state index in [4.69, 9.17) is 0 Å². The van der Waals surface area contributed by atoms with E-state index >= 15 is 0 Å². The summed E-state index contributed by atoms with van der Waals surface area (Å²) in [6.07, 6.45) is 4.05. The maximum absolute atomic E-state index is 2.73. The number of thioether (sulfide) groups is 1. The Kier molecular flexibility index (Phi) is 4.99. The molecule has 0 radical (unpaired) electrons. The van der Waals surface area contributed by atoms with Gasteiger partial charge in [-0.1, -0.05) is 25.1 Å². The predicted molar refractivity (Wildman–Crippen MR) is 82.0 cm³/mol. The molecule has 1 nitrogen and oxygen atoms in total. The lowest BCUT2D eigenvalue weighted by molar-refractivity contribution is 0.139. The molecule has 3 rings (SSSR count). The van der Waals surface area contributed by atoms with Crippen molar-refractivity contribution in [1.29, 1.82) is 0 Å². The number of likely N-dealkylation sites (tertiary alicyclic amines) is 1. The normalized spacial score (nSPS) is 26.9. The summed E-state index contributed by atoms with van der Waals surface area (Å²) in [6.45, 7) is 4.90.